The molecule has 5 nitrogen and oxygen atoms in total. The maximum atomic E-state index is 12.0. The van der Waals surface area contributed by atoms with Crippen molar-refractivity contribution < 1.29 is 9.59 Å². The zero-order valence-corrected chi connectivity index (χ0v) is 12.5. The van der Waals surface area contributed by atoms with Crippen LogP contribution in [0.1, 0.15) is 32.6 Å². The molecular weight excluding hydrogens is 266 g/mol. The number of nitrogens with one attached hydrogen (secondary N) is 2. The summed E-state index contributed by atoms with van der Waals surface area (Å²) in [5.74, 6) is -0.0860. The quantitative estimate of drug-likeness (QED) is 0.895. The first kappa shape index (κ1) is 15.5. The van der Waals surface area contributed by atoms with Crippen LogP contribution in [0.25, 0.3) is 0 Å². The molecule has 0 atom stereocenters. The van der Waals surface area contributed by atoms with Crippen molar-refractivity contribution in [3.8, 4) is 0 Å². The fraction of sp³-hybridized carbons (Fsp3) is 0.500. The number of nitrogens with zero attached hydrogens (tertiary/aromatic N) is 1. The van der Waals surface area contributed by atoms with Gasteiger partial charge in [0, 0.05) is 18.3 Å². The minimum atomic E-state index is -0.104. The van der Waals surface area contributed by atoms with E-state index in [2.05, 4.69) is 15.5 Å². The largest absolute Gasteiger partial charge is 0.326 e. The van der Waals surface area contributed by atoms with Crippen molar-refractivity contribution in [1.82, 2.24) is 4.90 Å². The van der Waals surface area contributed by atoms with Gasteiger partial charge in [-0.2, -0.15) is 0 Å². The molecule has 0 radical (unpaired) electrons. The highest BCUT2D eigenvalue weighted by Crippen LogP contribution is 2.14. The van der Waals surface area contributed by atoms with Crippen LogP contribution in [-0.4, -0.2) is 36.3 Å². The monoisotopic (exact) mass is 289 g/mol. The third kappa shape index (κ3) is 5.55. The number of likely N-dealkylation sites (tertiary alicyclic amines) is 1. The highest BCUT2D eigenvalue weighted by atomic mass is 16.2. The molecule has 1 fully saturated rings. The van der Waals surface area contributed by atoms with Gasteiger partial charge in [-0.25, -0.2) is 0 Å². The van der Waals surface area contributed by atoms with Gasteiger partial charge in [0.15, 0.2) is 0 Å². The Kier molecular flexibility index (Phi) is 5.75. The van der Waals surface area contributed by atoms with Crippen LogP contribution in [-0.2, 0) is 9.59 Å². The van der Waals surface area contributed by atoms with E-state index in [1.807, 2.05) is 0 Å². The summed E-state index contributed by atoms with van der Waals surface area (Å²) in [7, 11) is 0. The molecule has 0 aliphatic carbocycles. The molecule has 0 aromatic heterocycles. The average Bonchev–Trinajstić information content (AvgIpc) is 2.69. The van der Waals surface area contributed by atoms with Crippen LogP contribution in [0, 0.1) is 0 Å². The summed E-state index contributed by atoms with van der Waals surface area (Å²) in [5.41, 5.74) is 1.48. The lowest BCUT2D eigenvalue weighted by Crippen LogP contribution is -2.33. The third-order valence-corrected chi connectivity index (χ3v) is 3.55. The smallest absolute Gasteiger partial charge is 0.238 e. The summed E-state index contributed by atoms with van der Waals surface area (Å²) in [6.07, 6.45) is 4.89. The summed E-state index contributed by atoms with van der Waals surface area (Å²) in [6.45, 7) is 3.94. The maximum Gasteiger partial charge on any atom is 0.238 e. The van der Waals surface area contributed by atoms with E-state index < -0.39 is 0 Å². The standard InChI is InChI=1S/C16H23N3O2/c1-13(20)17-14-6-8-15(9-7-14)18-16(21)12-19-10-4-2-3-5-11-19/h6-9H,2-5,10-12H2,1H3,(H,17,20)(H,18,21). The molecule has 0 unspecified atom stereocenters. The average molecular weight is 289 g/mol. The van der Waals surface area contributed by atoms with E-state index in [4.69, 9.17) is 0 Å². The van der Waals surface area contributed by atoms with Crippen LogP contribution in [0.15, 0.2) is 24.3 Å². The van der Waals surface area contributed by atoms with Crippen molar-refractivity contribution >= 4 is 23.2 Å². The van der Waals surface area contributed by atoms with Crippen molar-refractivity contribution in [2.24, 2.45) is 0 Å². The molecule has 1 aromatic rings. The van der Waals surface area contributed by atoms with Gasteiger partial charge < -0.3 is 10.6 Å². The molecule has 2 rings (SSSR count). The summed E-state index contributed by atoms with van der Waals surface area (Å²) in [6, 6.07) is 7.16. The molecule has 0 bridgehead atoms. The summed E-state index contributed by atoms with van der Waals surface area (Å²) in [4.78, 5) is 25.2. The lowest BCUT2D eigenvalue weighted by Gasteiger charge is -2.19. The SMILES string of the molecule is CC(=O)Nc1ccc(NC(=O)CN2CCCCCC2)cc1. The Morgan fingerprint density at radius 2 is 1.48 bits per heavy atom. The Labute approximate surface area is 125 Å². The molecule has 1 heterocycles. The molecule has 0 saturated carbocycles. The first-order chi connectivity index (χ1) is 10.1. The molecule has 21 heavy (non-hydrogen) atoms. The van der Waals surface area contributed by atoms with Gasteiger partial charge in [-0.05, 0) is 50.2 Å². The van der Waals surface area contributed by atoms with E-state index in [1.54, 1.807) is 24.3 Å². The van der Waals surface area contributed by atoms with Crippen LogP contribution in [0.4, 0.5) is 11.4 Å². The van der Waals surface area contributed by atoms with E-state index in [0.717, 1.165) is 24.5 Å². The first-order valence-electron chi connectivity index (χ1n) is 7.53. The van der Waals surface area contributed by atoms with Crippen LogP contribution < -0.4 is 10.6 Å². The van der Waals surface area contributed by atoms with Crippen molar-refractivity contribution in [3.63, 3.8) is 0 Å². The minimum absolute atomic E-state index is 0.0178. The van der Waals surface area contributed by atoms with Gasteiger partial charge in [0.1, 0.15) is 0 Å². The highest BCUT2D eigenvalue weighted by Gasteiger charge is 2.12. The van der Waals surface area contributed by atoms with E-state index >= 15 is 0 Å². The number of carbonyl (C=O) groups is 2. The van der Waals surface area contributed by atoms with Crippen LogP contribution in [0.2, 0.25) is 0 Å². The van der Waals surface area contributed by atoms with Crippen molar-refractivity contribution in [2.75, 3.05) is 30.3 Å². The molecule has 2 N–H and O–H groups in total. The molecule has 1 aromatic carbocycles. The van der Waals surface area contributed by atoms with Gasteiger partial charge in [-0.3, -0.25) is 14.5 Å². The maximum absolute atomic E-state index is 12.0. The molecule has 1 aliphatic heterocycles. The van der Waals surface area contributed by atoms with Crippen LogP contribution in [0.3, 0.4) is 0 Å². The molecule has 5 heteroatoms. The number of benzene rings is 1. The van der Waals surface area contributed by atoms with Crippen molar-refractivity contribution in [1.29, 1.82) is 0 Å². The normalized spacial score (nSPS) is 16.0. The fourth-order valence-electron chi connectivity index (χ4n) is 2.54. The molecule has 2 amide bonds. The zero-order valence-electron chi connectivity index (χ0n) is 12.5. The fourth-order valence-corrected chi connectivity index (χ4v) is 2.54. The molecule has 0 spiro atoms. The van der Waals surface area contributed by atoms with Crippen LogP contribution in [0.5, 0.6) is 0 Å². The van der Waals surface area contributed by atoms with Gasteiger partial charge in [0.2, 0.25) is 11.8 Å². The summed E-state index contributed by atoms with van der Waals surface area (Å²) >= 11 is 0. The van der Waals surface area contributed by atoms with E-state index in [-0.39, 0.29) is 11.8 Å². The molecule has 1 saturated heterocycles. The molecule has 114 valence electrons. The van der Waals surface area contributed by atoms with Gasteiger partial charge >= 0.3 is 0 Å². The Morgan fingerprint density at radius 1 is 0.952 bits per heavy atom. The number of anilines is 2. The second-order valence-electron chi connectivity index (χ2n) is 5.50. The van der Waals surface area contributed by atoms with Gasteiger partial charge in [-0.15, -0.1) is 0 Å². The predicted octanol–water partition coefficient (Wildman–Crippen LogP) is 2.46. The Balaban J connectivity index is 1.82. The van der Waals surface area contributed by atoms with Crippen molar-refractivity contribution in [2.45, 2.75) is 32.6 Å². The number of hydrogen-bond acceptors (Lipinski definition) is 3. The number of rotatable bonds is 4. The highest BCUT2D eigenvalue weighted by molar-refractivity contribution is 5.93. The van der Waals surface area contributed by atoms with E-state index in [0.29, 0.717) is 6.54 Å². The third-order valence-electron chi connectivity index (χ3n) is 3.55. The Hall–Kier alpha value is -1.88. The molecule has 1 aliphatic rings. The van der Waals surface area contributed by atoms with Crippen LogP contribution >= 0.6 is 0 Å². The Bertz CT molecular complexity index is 477. The minimum Gasteiger partial charge on any atom is -0.326 e. The van der Waals surface area contributed by atoms with Gasteiger partial charge in [0.25, 0.3) is 0 Å². The lowest BCUT2D eigenvalue weighted by molar-refractivity contribution is -0.117. The Morgan fingerprint density at radius 3 is 2.00 bits per heavy atom. The van der Waals surface area contributed by atoms with E-state index in [9.17, 15) is 9.59 Å². The second kappa shape index (κ2) is 7.78. The van der Waals surface area contributed by atoms with E-state index in [1.165, 1.54) is 32.6 Å². The van der Waals surface area contributed by atoms with Crippen molar-refractivity contribution in [3.05, 3.63) is 24.3 Å². The summed E-state index contributed by atoms with van der Waals surface area (Å²) in [5, 5.41) is 5.59. The summed E-state index contributed by atoms with van der Waals surface area (Å²) < 4.78 is 0. The number of carbonyl (C=O) groups excluding carboxylic acids is 2. The first-order valence-corrected chi connectivity index (χ1v) is 7.53. The molecular formula is C16H23N3O2. The lowest BCUT2D eigenvalue weighted by atomic mass is 10.2. The zero-order chi connectivity index (χ0) is 15.1. The number of hydrogen-bond donors (Lipinski definition) is 2. The van der Waals surface area contributed by atoms with Gasteiger partial charge in [0.05, 0.1) is 6.54 Å². The topological polar surface area (TPSA) is 61.4 Å². The number of amides is 2. The predicted molar refractivity (Wildman–Crippen MR) is 84.3 cm³/mol. The van der Waals surface area contributed by atoms with Gasteiger partial charge in [-0.1, -0.05) is 12.8 Å². The second-order valence-corrected chi connectivity index (χ2v) is 5.50.